The molecule has 2 amide bonds. The van der Waals surface area contributed by atoms with Crippen LogP contribution in [0.25, 0.3) is 11.5 Å². The molecule has 8 heteroatoms. The Balaban J connectivity index is 1.48. The van der Waals surface area contributed by atoms with Crippen LogP contribution in [0.5, 0.6) is 0 Å². The average Bonchev–Trinajstić information content (AvgIpc) is 3.10. The second-order valence-corrected chi connectivity index (χ2v) is 6.30. The molecular formula is C18H22N4O4. The molecule has 1 saturated carbocycles. The number of carboxylic acids is 1. The fourth-order valence-electron chi connectivity index (χ4n) is 3.13. The minimum atomic E-state index is -0.827. The van der Waals surface area contributed by atoms with Gasteiger partial charge < -0.3 is 20.2 Å². The standard InChI is InChI=1S/C18H22N4O4/c1-2-22(11-16(23)24)15-9-14(10-15)21-18(25)20-13-5-3-4-12(8-13)17-19-6-7-26-17/h3-8,14-15H,2,9-11H2,1H3,(H,23,24)(H2,20,21,25). The Morgan fingerprint density at radius 1 is 1.38 bits per heavy atom. The van der Waals surface area contributed by atoms with Crippen LogP contribution in [0.4, 0.5) is 10.5 Å². The molecular weight excluding hydrogens is 336 g/mol. The fraction of sp³-hybridized carbons (Fsp3) is 0.389. The molecule has 1 aliphatic carbocycles. The van der Waals surface area contributed by atoms with Crippen LogP contribution >= 0.6 is 0 Å². The number of carbonyl (C=O) groups is 2. The minimum absolute atomic E-state index is 0.0354. The summed E-state index contributed by atoms with van der Waals surface area (Å²) in [5, 5.41) is 14.6. The number of nitrogens with zero attached hydrogens (tertiary/aromatic N) is 2. The summed E-state index contributed by atoms with van der Waals surface area (Å²) in [6.45, 7) is 2.66. The van der Waals surface area contributed by atoms with Crippen LogP contribution in [-0.4, -0.2) is 52.2 Å². The van der Waals surface area contributed by atoms with Crippen molar-refractivity contribution in [1.82, 2.24) is 15.2 Å². The molecule has 0 aliphatic heterocycles. The zero-order valence-corrected chi connectivity index (χ0v) is 14.5. The normalized spacial score (nSPS) is 19.0. The molecule has 138 valence electrons. The molecule has 26 heavy (non-hydrogen) atoms. The summed E-state index contributed by atoms with van der Waals surface area (Å²) >= 11 is 0. The number of aliphatic carboxylic acids is 1. The summed E-state index contributed by atoms with van der Waals surface area (Å²) in [5.74, 6) is -0.332. The van der Waals surface area contributed by atoms with E-state index in [4.69, 9.17) is 9.52 Å². The van der Waals surface area contributed by atoms with E-state index in [9.17, 15) is 9.59 Å². The molecule has 1 heterocycles. The SMILES string of the molecule is CCN(CC(=O)O)C1CC(NC(=O)Nc2cccc(-c3ncco3)c2)C1. The van der Waals surface area contributed by atoms with E-state index in [1.54, 1.807) is 18.3 Å². The summed E-state index contributed by atoms with van der Waals surface area (Å²) in [5.41, 5.74) is 1.43. The maximum atomic E-state index is 12.2. The van der Waals surface area contributed by atoms with Crippen molar-refractivity contribution in [2.45, 2.75) is 31.8 Å². The number of nitrogens with one attached hydrogen (secondary N) is 2. The highest BCUT2D eigenvalue weighted by Crippen LogP contribution is 2.26. The van der Waals surface area contributed by atoms with Gasteiger partial charge in [-0.15, -0.1) is 0 Å². The van der Waals surface area contributed by atoms with Crippen LogP contribution in [0.15, 0.2) is 41.1 Å². The number of likely N-dealkylation sites (N-methyl/N-ethyl adjacent to an activating group) is 1. The number of hydrogen-bond donors (Lipinski definition) is 3. The lowest BCUT2D eigenvalue weighted by Gasteiger charge is -2.42. The molecule has 0 saturated heterocycles. The van der Waals surface area contributed by atoms with Gasteiger partial charge in [0.05, 0.1) is 12.7 Å². The molecule has 3 rings (SSSR count). The zero-order chi connectivity index (χ0) is 18.5. The van der Waals surface area contributed by atoms with Gasteiger partial charge in [-0.2, -0.15) is 0 Å². The minimum Gasteiger partial charge on any atom is -0.480 e. The highest BCUT2D eigenvalue weighted by Gasteiger charge is 2.34. The number of hydrogen-bond acceptors (Lipinski definition) is 5. The first-order valence-electron chi connectivity index (χ1n) is 8.58. The maximum Gasteiger partial charge on any atom is 0.319 e. The monoisotopic (exact) mass is 358 g/mol. The highest BCUT2D eigenvalue weighted by molar-refractivity contribution is 5.90. The lowest BCUT2D eigenvalue weighted by Crippen LogP contribution is -2.55. The zero-order valence-electron chi connectivity index (χ0n) is 14.5. The molecule has 0 unspecified atom stereocenters. The summed E-state index contributed by atoms with van der Waals surface area (Å²) < 4.78 is 5.26. The van der Waals surface area contributed by atoms with Gasteiger partial charge in [-0.3, -0.25) is 9.69 Å². The summed E-state index contributed by atoms with van der Waals surface area (Å²) in [4.78, 5) is 29.0. The lowest BCUT2D eigenvalue weighted by molar-refractivity contribution is -0.139. The van der Waals surface area contributed by atoms with Gasteiger partial charge >= 0.3 is 12.0 Å². The van der Waals surface area contributed by atoms with Crippen molar-refractivity contribution in [2.75, 3.05) is 18.4 Å². The van der Waals surface area contributed by atoms with Crippen molar-refractivity contribution in [1.29, 1.82) is 0 Å². The first-order valence-corrected chi connectivity index (χ1v) is 8.58. The van der Waals surface area contributed by atoms with Gasteiger partial charge in [0, 0.05) is 23.3 Å². The number of carboxylic acid groups (broad SMARTS) is 1. The summed E-state index contributed by atoms with van der Waals surface area (Å²) in [6.07, 6.45) is 4.58. The van der Waals surface area contributed by atoms with E-state index in [2.05, 4.69) is 15.6 Å². The Labute approximate surface area is 151 Å². The van der Waals surface area contributed by atoms with E-state index in [0.717, 1.165) is 18.4 Å². The fourth-order valence-corrected chi connectivity index (χ4v) is 3.13. The van der Waals surface area contributed by atoms with Crippen LogP contribution in [0.1, 0.15) is 19.8 Å². The Kier molecular flexibility index (Phi) is 5.52. The van der Waals surface area contributed by atoms with Gasteiger partial charge in [0.25, 0.3) is 0 Å². The second-order valence-electron chi connectivity index (χ2n) is 6.30. The van der Waals surface area contributed by atoms with Gasteiger partial charge in [-0.05, 0) is 37.6 Å². The van der Waals surface area contributed by atoms with Gasteiger partial charge in [0.15, 0.2) is 0 Å². The van der Waals surface area contributed by atoms with Crippen molar-refractivity contribution in [3.8, 4) is 11.5 Å². The largest absolute Gasteiger partial charge is 0.480 e. The Morgan fingerprint density at radius 3 is 2.85 bits per heavy atom. The molecule has 1 aromatic heterocycles. The predicted molar refractivity (Wildman–Crippen MR) is 95.8 cm³/mol. The third kappa shape index (κ3) is 4.40. The molecule has 1 aromatic carbocycles. The number of anilines is 1. The van der Waals surface area contributed by atoms with E-state index < -0.39 is 5.97 Å². The number of oxazole rings is 1. The number of benzene rings is 1. The molecule has 1 aliphatic rings. The Bertz CT molecular complexity index is 756. The van der Waals surface area contributed by atoms with Crippen molar-refractivity contribution in [3.05, 3.63) is 36.7 Å². The van der Waals surface area contributed by atoms with Gasteiger partial charge in [0.1, 0.15) is 6.26 Å². The van der Waals surface area contributed by atoms with Crippen molar-refractivity contribution >= 4 is 17.7 Å². The quantitative estimate of drug-likeness (QED) is 0.701. The maximum absolute atomic E-state index is 12.2. The Hall–Kier alpha value is -2.87. The smallest absolute Gasteiger partial charge is 0.319 e. The van der Waals surface area contributed by atoms with Crippen LogP contribution in [0.2, 0.25) is 0 Å². The Morgan fingerprint density at radius 2 is 2.19 bits per heavy atom. The first-order chi connectivity index (χ1) is 12.5. The van der Waals surface area contributed by atoms with Crippen molar-refractivity contribution < 1.29 is 19.1 Å². The van der Waals surface area contributed by atoms with Crippen LogP contribution < -0.4 is 10.6 Å². The van der Waals surface area contributed by atoms with Crippen LogP contribution in [0, 0.1) is 0 Å². The van der Waals surface area contributed by atoms with Crippen LogP contribution in [0.3, 0.4) is 0 Å². The van der Waals surface area contributed by atoms with Crippen molar-refractivity contribution in [3.63, 3.8) is 0 Å². The third-order valence-electron chi connectivity index (χ3n) is 4.51. The van der Waals surface area contributed by atoms with E-state index in [1.807, 2.05) is 24.0 Å². The third-order valence-corrected chi connectivity index (χ3v) is 4.51. The van der Waals surface area contributed by atoms with Gasteiger partial charge in [-0.1, -0.05) is 13.0 Å². The van der Waals surface area contributed by atoms with Gasteiger partial charge in [-0.25, -0.2) is 9.78 Å². The lowest BCUT2D eigenvalue weighted by atomic mass is 9.85. The first kappa shape index (κ1) is 17.9. The molecule has 8 nitrogen and oxygen atoms in total. The average molecular weight is 358 g/mol. The van der Waals surface area contributed by atoms with Gasteiger partial charge in [0.2, 0.25) is 5.89 Å². The molecule has 0 radical (unpaired) electrons. The van der Waals surface area contributed by atoms with E-state index in [1.165, 1.54) is 6.26 Å². The van der Waals surface area contributed by atoms with Crippen molar-refractivity contribution in [2.24, 2.45) is 0 Å². The molecule has 3 N–H and O–H groups in total. The number of aromatic nitrogens is 1. The summed E-state index contributed by atoms with van der Waals surface area (Å²) in [6, 6.07) is 7.24. The number of urea groups is 1. The van der Waals surface area contributed by atoms with E-state index in [-0.39, 0.29) is 24.7 Å². The molecule has 0 bridgehead atoms. The van der Waals surface area contributed by atoms with Crippen LogP contribution in [-0.2, 0) is 4.79 Å². The molecule has 0 atom stereocenters. The van der Waals surface area contributed by atoms with E-state index in [0.29, 0.717) is 18.1 Å². The highest BCUT2D eigenvalue weighted by atomic mass is 16.4. The molecule has 1 fully saturated rings. The number of rotatable bonds is 7. The molecule has 0 spiro atoms. The summed E-state index contributed by atoms with van der Waals surface area (Å²) in [7, 11) is 0. The number of amides is 2. The van der Waals surface area contributed by atoms with E-state index >= 15 is 0 Å². The predicted octanol–water partition coefficient (Wildman–Crippen LogP) is 2.40. The topological polar surface area (TPSA) is 108 Å². The second kappa shape index (κ2) is 8.01. The molecule has 2 aromatic rings. The number of carbonyl (C=O) groups excluding carboxylic acids is 1.